The molecule has 0 radical (unpaired) electrons. The fraction of sp³-hybridized carbons (Fsp3) is 1.00. The molecule has 0 heterocycles. The van der Waals surface area contributed by atoms with Crippen LogP contribution in [0.25, 0.3) is 0 Å². The van der Waals surface area contributed by atoms with Crippen LogP contribution in [0, 0.1) is 17.3 Å². The van der Waals surface area contributed by atoms with Crippen LogP contribution in [0.15, 0.2) is 0 Å². The monoisotopic (exact) mass is 239 g/mol. The highest BCUT2D eigenvalue weighted by molar-refractivity contribution is 4.82. The molecule has 1 saturated carbocycles. The van der Waals surface area contributed by atoms with Crippen molar-refractivity contribution in [2.75, 3.05) is 0 Å². The smallest absolute Gasteiger partial charge is 0.00673 e. The van der Waals surface area contributed by atoms with Crippen molar-refractivity contribution in [2.45, 2.75) is 85.1 Å². The highest BCUT2D eigenvalue weighted by Gasteiger charge is 2.27. The molecule has 0 bridgehead atoms. The van der Waals surface area contributed by atoms with Crippen LogP contribution in [0.4, 0.5) is 0 Å². The molecule has 3 unspecified atom stereocenters. The van der Waals surface area contributed by atoms with Crippen molar-refractivity contribution in [1.82, 2.24) is 0 Å². The Morgan fingerprint density at radius 1 is 1.12 bits per heavy atom. The third kappa shape index (κ3) is 5.90. The minimum absolute atomic E-state index is 0.488. The van der Waals surface area contributed by atoms with Gasteiger partial charge in [0.15, 0.2) is 0 Å². The Kier molecular flexibility index (Phi) is 5.99. The minimum atomic E-state index is 0.488. The van der Waals surface area contributed by atoms with Crippen molar-refractivity contribution in [3.8, 4) is 0 Å². The van der Waals surface area contributed by atoms with Gasteiger partial charge in [0.2, 0.25) is 0 Å². The van der Waals surface area contributed by atoms with Crippen LogP contribution in [0.3, 0.4) is 0 Å². The van der Waals surface area contributed by atoms with Gasteiger partial charge in [0.05, 0.1) is 0 Å². The zero-order valence-electron chi connectivity index (χ0n) is 12.5. The van der Waals surface area contributed by atoms with Gasteiger partial charge in [0.25, 0.3) is 0 Å². The first-order chi connectivity index (χ1) is 7.92. The zero-order chi connectivity index (χ0) is 12.9. The maximum absolute atomic E-state index is 6.29. The van der Waals surface area contributed by atoms with E-state index in [9.17, 15) is 0 Å². The molecular weight excluding hydrogens is 206 g/mol. The summed E-state index contributed by atoms with van der Waals surface area (Å²) in [4.78, 5) is 0. The predicted octanol–water partition coefficient (Wildman–Crippen LogP) is 4.75. The molecule has 2 N–H and O–H groups in total. The lowest BCUT2D eigenvalue weighted by Gasteiger charge is -2.34. The van der Waals surface area contributed by atoms with Gasteiger partial charge >= 0.3 is 0 Å². The van der Waals surface area contributed by atoms with Crippen LogP contribution in [0.1, 0.15) is 79.1 Å². The highest BCUT2D eigenvalue weighted by Crippen LogP contribution is 2.35. The van der Waals surface area contributed by atoms with Gasteiger partial charge in [-0.2, -0.15) is 0 Å². The van der Waals surface area contributed by atoms with Crippen LogP contribution in [-0.4, -0.2) is 6.04 Å². The van der Waals surface area contributed by atoms with Gasteiger partial charge in [-0.25, -0.2) is 0 Å². The van der Waals surface area contributed by atoms with E-state index in [-0.39, 0.29) is 0 Å². The fourth-order valence-corrected chi connectivity index (χ4v) is 3.28. The topological polar surface area (TPSA) is 26.0 Å². The van der Waals surface area contributed by atoms with Crippen molar-refractivity contribution in [2.24, 2.45) is 23.0 Å². The Hall–Kier alpha value is -0.0400. The molecule has 0 aromatic rings. The normalized spacial score (nSPS) is 30.5. The molecule has 0 spiro atoms. The van der Waals surface area contributed by atoms with E-state index in [1.54, 1.807) is 0 Å². The summed E-state index contributed by atoms with van der Waals surface area (Å²) in [5, 5.41) is 0. The van der Waals surface area contributed by atoms with E-state index in [1.165, 1.54) is 51.4 Å². The molecule has 1 heteroatoms. The molecule has 3 atom stereocenters. The first kappa shape index (κ1) is 15.0. The summed E-state index contributed by atoms with van der Waals surface area (Å²) in [5.74, 6) is 1.78. The van der Waals surface area contributed by atoms with Gasteiger partial charge in [-0.05, 0) is 49.4 Å². The van der Waals surface area contributed by atoms with Gasteiger partial charge in [-0.3, -0.25) is 0 Å². The Balaban J connectivity index is 2.29. The van der Waals surface area contributed by atoms with Crippen LogP contribution in [-0.2, 0) is 0 Å². The van der Waals surface area contributed by atoms with Crippen molar-refractivity contribution in [3.63, 3.8) is 0 Å². The van der Waals surface area contributed by atoms with Crippen molar-refractivity contribution in [3.05, 3.63) is 0 Å². The minimum Gasteiger partial charge on any atom is -0.327 e. The second kappa shape index (κ2) is 6.78. The third-order valence-electron chi connectivity index (χ3n) is 4.35. The van der Waals surface area contributed by atoms with Gasteiger partial charge in [-0.15, -0.1) is 0 Å². The SMILES string of the molecule is CCCC1CCC(N)C(CCCC(C)(C)C)C1. The second-order valence-corrected chi connectivity index (χ2v) is 7.34. The molecular formula is C16H33N. The maximum atomic E-state index is 6.29. The van der Waals surface area contributed by atoms with E-state index in [0.717, 1.165) is 11.8 Å². The maximum Gasteiger partial charge on any atom is 0.00673 e. The van der Waals surface area contributed by atoms with Gasteiger partial charge < -0.3 is 5.73 Å². The molecule has 1 rings (SSSR count). The summed E-state index contributed by atoms with van der Waals surface area (Å²) >= 11 is 0. The number of hydrogen-bond donors (Lipinski definition) is 1. The number of nitrogens with two attached hydrogens (primary N) is 1. The first-order valence-corrected chi connectivity index (χ1v) is 7.68. The van der Waals surface area contributed by atoms with E-state index in [4.69, 9.17) is 5.73 Å². The average molecular weight is 239 g/mol. The zero-order valence-corrected chi connectivity index (χ0v) is 12.5. The first-order valence-electron chi connectivity index (χ1n) is 7.68. The van der Waals surface area contributed by atoms with Crippen molar-refractivity contribution < 1.29 is 0 Å². The van der Waals surface area contributed by atoms with Gasteiger partial charge in [0.1, 0.15) is 0 Å². The molecule has 1 aliphatic rings. The lowest BCUT2D eigenvalue weighted by atomic mass is 9.74. The summed E-state index contributed by atoms with van der Waals surface area (Å²) in [6, 6.07) is 0.489. The van der Waals surface area contributed by atoms with E-state index < -0.39 is 0 Å². The predicted molar refractivity (Wildman–Crippen MR) is 77.0 cm³/mol. The summed E-state index contributed by atoms with van der Waals surface area (Å²) in [7, 11) is 0. The molecule has 102 valence electrons. The van der Waals surface area contributed by atoms with Crippen molar-refractivity contribution in [1.29, 1.82) is 0 Å². The summed E-state index contributed by atoms with van der Waals surface area (Å²) < 4.78 is 0. The second-order valence-electron chi connectivity index (χ2n) is 7.34. The molecule has 0 aromatic carbocycles. The van der Waals surface area contributed by atoms with Gasteiger partial charge in [-0.1, -0.05) is 47.0 Å². The Bertz CT molecular complexity index is 204. The summed E-state index contributed by atoms with van der Waals surface area (Å²) in [6.07, 6.45) is 10.9. The molecule has 0 amide bonds. The third-order valence-corrected chi connectivity index (χ3v) is 4.35. The molecule has 0 saturated heterocycles. The summed E-state index contributed by atoms with van der Waals surface area (Å²) in [5.41, 5.74) is 6.77. The summed E-state index contributed by atoms with van der Waals surface area (Å²) in [6.45, 7) is 9.33. The largest absolute Gasteiger partial charge is 0.327 e. The molecule has 0 aromatic heterocycles. The lowest BCUT2D eigenvalue weighted by molar-refractivity contribution is 0.202. The van der Waals surface area contributed by atoms with Crippen LogP contribution in [0.5, 0.6) is 0 Å². The standard InChI is InChI=1S/C16H33N/c1-5-7-13-9-10-15(17)14(12-13)8-6-11-16(2,3)4/h13-15H,5-12,17H2,1-4H3. The molecule has 1 nitrogen and oxygen atoms in total. The Morgan fingerprint density at radius 3 is 2.41 bits per heavy atom. The lowest BCUT2D eigenvalue weighted by Crippen LogP contribution is -2.36. The molecule has 17 heavy (non-hydrogen) atoms. The molecule has 0 aliphatic heterocycles. The Labute approximate surface area is 109 Å². The fourth-order valence-electron chi connectivity index (χ4n) is 3.28. The number of rotatable bonds is 5. The van der Waals surface area contributed by atoms with Crippen LogP contribution in [0.2, 0.25) is 0 Å². The van der Waals surface area contributed by atoms with E-state index in [0.29, 0.717) is 11.5 Å². The van der Waals surface area contributed by atoms with Crippen LogP contribution >= 0.6 is 0 Å². The van der Waals surface area contributed by atoms with E-state index in [2.05, 4.69) is 27.7 Å². The Morgan fingerprint density at radius 2 is 1.82 bits per heavy atom. The molecule has 1 aliphatic carbocycles. The molecule has 1 fully saturated rings. The van der Waals surface area contributed by atoms with Crippen LogP contribution < -0.4 is 5.73 Å². The quantitative estimate of drug-likeness (QED) is 0.736. The van der Waals surface area contributed by atoms with E-state index >= 15 is 0 Å². The van der Waals surface area contributed by atoms with Gasteiger partial charge in [0, 0.05) is 6.04 Å². The van der Waals surface area contributed by atoms with Crippen molar-refractivity contribution >= 4 is 0 Å². The average Bonchev–Trinajstić information content (AvgIpc) is 2.21. The highest BCUT2D eigenvalue weighted by atomic mass is 14.7. The number of hydrogen-bond acceptors (Lipinski definition) is 1. The van der Waals surface area contributed by atoms with E-state index in [1.807, 2.05) is 0 Å².